The number of ether oxygens (including phenoxy) is 2. The lowest BCUT2D eigenvalue weighted by Crippen LogP contribution is -2.42. The molecule has 166 valence electrons. The minimum Gasteiger partial charge on any atom is -0.474 e. The Morgan fingerprint density at radius 2 is 1.81 bits per heavy atom. The Labute approximate surface area is 181 Å². The predicted molar refractivity (Wildman–Crippen MR) is 113 cm³/mol. The van der Waals surface area contributed by atoms with Gasteiger partial charge in [-0.1, -0.05) is 17.3 Å². The highest BCUT2D eigenvalue weighted by molar-refractivity contribution is 5.98. The SMILES string of the molecule is C/C(=N/Oc1ncnc(OC2CCN(C(=O)OC(C)C)CC2)c1C)c1ccc(F)cc1. The molecule has 0 saturated carbocycles. The summed E-state index contributed by atoms with van der Waals surface area (Å²) in [5, 5.41) is 4.09. The summed E-state index contributed by atoms with van der Waals surface area (Å²) in [7, 11) is 0. The van der Waals surface area contributed by atoms with Crippen LogP contribution in [-0.2, 0) is 4.74 Å². The second-order valence-corrected chi connectivity index (χ2v) is 7.62. The normalized spacial score (nSPS) is 15.2. The lowest BCUT2D eigenvalue weighted by atomic mass is 10.1. The van der Waals surface area contributed by atoms with Gasteiger partial charge in [0.1, 0.15) is 18.2 Å². The fraction of sp³-hybridized carbons (Fsp3) is 0.455. The fourth-order valence-corrected chi connectivity index (χ4v) is 3.08. The van der Waals surface area contributed by atoms with Crippen molar-refractivity contribution < 1.29 is 23.5 Å². The van der Waals surface area contributed by atoms with Gasteiger partial charge in [0, 0.05) is 25.9 Å². The smallest absolute Gasteiger partial charge is 0.410 e. The summed E-state index contributed by atoms with van der Waals surface area (Å²) < 4.78 is 24.4. The third kappa shape index (κ3) is 6.13. The first-order chi connectivity index (χ1) is 14.8. The van der Waals surface area contributed by atoms with Crippen LogP contribution < -0.4 is 9.57 Å². The number of piperidine rings is 1. The molecule has 1 aromatic heterocycles. The first-order valence-corrected chi connectivity index (χ1v) is 10.2. The molecule has 31 heavy (non-hydrogen) atoms. The van der Waals surface area contributed by atoms with Gasteiger partial charge in [-0.2, -0.15) is 4.98 Å². The van der Waals surface area contributed by atoms with Crippen LogP contribution in [0.2, 0.25) is 0 Å². The minimum absolute atomic E-state index is 0.0750. The van der Waals surface area contributed by atoms with E-state index in [4.69, 9.17) is 14.3 Å². The Hall–Kier alpha value is -3.23. The maximum Gasteiger partial charge on any atom is 0.410 e. The summed E-state index contributed by atoms with van der Waals surface area (Å²) in [6.07, 6.45) is 2.20. The maximum absolute atomic E-state index is 13.1. The Balaban J connectivity index is 1.59. The van der Waals surface area contributed by atoms with Crippen molar-refractivity contribution >= 4 is 11.8 Å². The van der Waals surface area contributed by atoms with Crippen molar-refractivity contribution in [3.05, 3.63) is 47.5 Å². The van der Waals surface area contributed by atoms with Crippen LogP contribution in [0.1, 0.15) is 44.7 Å². The summed E-state index contributed by atoms with van der Waals surface area (Å²) in [4.78, 5) is 27.5. The summed E-state index contributed by atoms with van der Waals surface area (Å²) in [5.74, 6) is 0.390. The van der Waals surface area contributed by atoms with Gasteiger partial charge in [-0.25, -0.2) is 14.2 Å². The highest BCUT2D eigenvalue weighted by atomic mass is 19.1. The van der Waals surface area contributed by atoms with Crippen molar-refractivity contribution in [2.75, 3.05) is 13.1 Å². The van der Waals surface area contributed by atoms with E-state index < -0.39 is 0 Å². The number of halogens is 1. The van der Waals surface area contributed by atoms with Crippen molar-refractivity contribution in [3.8, 4) is 11.8 Å². The van der Waals surface area contributed by atoms with Crippen molar-refractivity contribution in [1.29, 1.82) is 0 Å². The monoisotopic (exact) mass is 430 g/mol. The molecule has 0 radical (unpaired) electrons. The van der Waals surface area contributed by atoms with Crippen LogP contribution in [-0.4, -0.2) is 52.0 Å². The number of benzene rings is 1. The van der Waals surface area contributed by atoms with E-state index in [9.17, 15) is 9.18 Å². The van der Waals surface area contributed by atoms with Crippen LogP contribution in [0.5, 0.6) is 11.8 Å². The van der Waals surface area contributed by atoms with Crippen molar-refractivity contribution in [3.63, 3.8) is 0 Å². The molecular weight excluding hydrogens is 403 g/mol. The predicted octanol–water partition coefficient (Wildman–Crippen LogP) is 4.12. The second-order valence-electron chi connectivity index (χ2n) is 7.62. The van der Waals surface area contributed by atoms with Crippen LogP contribution in [0.4, 0.5) is 9.18 Å². The molecule has 2 aromatic rings. The molecule has 1 aliphatic heterocycles. The average Bonchev–Trinajstić information content (AvgIpc) is 2.74. The van der Waals surface area contributed by atoms with Crippen molar-refractivity contribution in [2.24, 2.45) is 5.16 Å². The van der Waals surface area contributed by atoms with Gasteiger partial charge in [-0.3, -0.25) is 0 Å². The number of rotatable bonds is 6. The zero-order valence-electron chi connectivity index (χ0n) is 18.2. The molecule has 1 aromatic carbocycles. The van der Waals surface area contributed by atoms with Gasteiger partial charge >= 0.3 is 6.09 Å². The fourth-order valence-electron chi connectivity index (χ4n) is 3.08. The van der Waals surface area contributed by atoms with E-state index in [-0.39, 0.29) is 30.0 Å². The topological polar surface area (TPSA) is 86.1 Å². The largest absolute Gasteiger partial charge is 0.474 e. The standard InChI is InChI=1S/C22H27FN4O4/c1-14(2)29-22(28)27-11-9-19(10-12-27)30-20-15(3)21(25-13-24-20)31-26-16(4)17-5-7-18(23)8-6-17/h5-8,13-14,19H,9-12H2,1-4H3/b26-16-. The summed E-state index contributed by atoms with van der Waals surface area (Å²) in [5.41, 5.74) is 1.95. The molecule has 0 spiro atoms. The first-order valence-electron chi connectivity index (χ1n) is 10.2. The third-order valence-corrected chi connectivity index (χ3v) is 4.84. The molecule has 1 fully saturated rings. The lowest BCUT2D eigenvalue weighted by Gasteiger charge is -2.31. The molecule has 9 heteroatoms. The number of oxime groups is 1. The molecule has 0 unspecified atom stereocenters. The number of carbonyl (C=O) groups excluding carboxylic acids is 1. The first kappa shape index (κ1) is 22.5. The average molecular weight is 430 g/mol. The van der Waals surface area contributed by atoms with Gasteiger partial charge in [0.25, 0.3) is 5.88 Å². The van der Waals surface area contributed by atoms with E-state index >= 15 is 0 Å². The molecule has 2 heterocycles. The van der Waals surface area contributed by atoms with E-state index in [1.165, 1.54) is 18.5 Å². The Bertz CT molecular complexity index is 926. The molecule has 3 rings (SSSR count). The van der Waals surface area contributed by atoms with Crippen LogP contribution in [0.15, 0.2) is 35.7 Å². The molecule has 1 aliphatic rings. The zero-order valence-corrected chi connectivity index (χ0v) is 18.2. The number of amides is 1. The van der Waals surface area contributed by atoms with E-state index in [1.54, 1.807) is 30.9 Å². The number of nitrogens with zero attached hydrogens (tertiary/aromatic N) is 4. The maximum atomic E-state index is 13.1. The third-order valence-electron chi connectivity index (χ3n) is 4.84. The van der Waals surface area contributed by atoms with Crippen LogP contribution >= 0.6 is 0 Å². The molecule has 1 saturated heterocycles. The van der Waals surface area contributed by atoms with Gasteiger partial charge in [0.05, 0.1) is 17.4 Å². The summed E-state index contributed by atoms with van der Waals surface area (Å²) >= 11 is 0. The van der Waals surface area contributed by atoms with Gasteiger partial charge in [-0.05, 0) is 45.4 Å². The molecule has 1 amide bonds. The van der Waals surface area contributed by atoms with E-state index in [2.05, 4.69) is 15.1 Å². The Morgan fingerprint density at radius 1 is 1.16 bits per heavy atom. The lowest BCUT2D eigenvalue weighted by molar-refractivity contribution is 0.0504. The van der Waals surface area contributed by atoms with E-state index in [0.717, 1.165) is 5.56 Å². The minimum atomic E-state index is -0.312. The van der Waals surface area contributed by atoms with Gasteiger partial charge in [0.15, 0.2) is 0 Å². The number of aromatic nitrogens is 2. The highest BCUT2D eigenvalue weighted by Gasteiger charge is 2.26. The molecule has 0 atom stereocenters. The van der Waals surface area contributed by atoms with Crippen molar-refractivity contribution in [2.45, 2.75) is 52.7 Å². The Morgan fingerprint density at radius 3 is 2.45 bits per heavy atom. The molecule has 8 nitrogen and oxygen atoms in total. The molecule has 0 N–H and O–H groups in total. The summed E-state index contributed by atoms with van der Waals surface area (Å²) in [6, 6.07) is 5.98. The van der Waals surface area contributed by atoms with Crippen LogP contribution in [0, 0.1) is 12.7 Å². The van der Waals surface area contributed by atoms with E-state index in [0.29, 0.717) is 43.1 Å². The molecule has 0 bridgehead atoms. The van der Waals surface area contributed by atoms with E-state index in [1.807, 2.05) is 13.8 Å². The van der Waals surface area contributed by atoms with Gasteiger partial charge in [0.2, 0.25) is 5.88 Å². The number of likely N-dealkylation sites (tertiary alicyclic amines) is 1. The molecular formula is C22H27FN4O4. The van der Waals surface area contributed by atoms with Gasteiger partial charge in [-0.15, -0.1) is 0 Å². The number of carbonyl (C=O) groups is 1. The number of hydrogen-bond acceptors (Lipinski definition) is 7. The molecule has 0 aliphatic carbocycles. The summed E-state index contributed by atoms with van der Waals surface area (Å²) in [6.45, 7) is 8.34. The quantitative estimate of drug-likeness (QED) is 0.506. The zero-order chi connectivity index (χ0) is 22.4. The van der Waals surface area contributed by atoms with Crippen molar-refractivity contribution in [1.82, 2.24) is 14.9 Å². The Kier molecular flexibility index (Phi) is 7.38. The highest BCUT2D eigenvalue weighted by Crippen LogP contribution is 2.26. The van der Waals surface area contributed by atoms with Gasteiger partial charge < -0.3 is 19.2 Å². The second kappa shape index (κ2) is 10.2. The number of hydrogen-bond donors (Lipinski definition) is 0. The van der Waals surface area contributed by atoms with Crippen LogP contribution in [0.3, 0.4) is 0 Å². The van der Waals surface area contributed by atoms with Crippen LogP contribution in [0.25, 0.3) is 0 Å².